The maximum Gasteiger partial charge on any atom is 0.278 e. The van der Waals surface area contributed by atoms with E-state index in [9.17, 15) is 4.79 Å². The highest BCUT2D eigenvalue weighted by Crippen LogP contribution is 2.16. The summed E-state index contributed by atoms with van der Waals surface area (Å²) in [5.41, 5.74) is 9.85. The topological polar surface area (TPSA) is 78.2 Å². The predicted molar refractivity (Wildman–Crippen MR) is 79.4 cm³/mol. The first kappa shape index (κ1) is 13.5. The Balaban J connectivity index is 2.03. The minimum absolute atomic E-state index is 0.137. The molecule has 0 saturated heterocycles. The van der Waals surface area contributed by atoms with Crippen LogP contribution in [0.3, 0.4) is 0 Å². The Bertz CT molecular complexity index is 815. The number of rotatable bonds is 3. The van der Waals surface area contributed by atoms with Crippen molar-refractivity contribution in [2.24, 2.45) is 5.73 Å². The fourth-order valence-electron chi connectivity index (χ4n) is 2.55. The van der Waals surface area contributed by atoms with Crippen LogP contribution >= 0.6 is 0 Å². The normalized spacial score (nSPS) is 11.2. The molecule has 0 radical (unpaired) electrons. The summed E-state index contributed by atoms with van der Waals surface area (Å²) < 4.78 is 3.32. The van der Waals surface area contributed by atoms with Crippen LogP contribution in [0.1, 0.15) is 27.3 Å². The van der Waals surface area contributed by atoms with E-state index in [0.29, 0.717) is 12.1 Å². The van der Waals surface area contributed by atoms with Crippen molar-refractivity contribution in [3.05, 3.63) is 53.4 Å². The van der Waals surface area contributed by atoms with Crippen molar-refractivity contribution >= 4 is 11.4 Å². The molecular weight excluding hydrogens is 266 g/mol. The van der Waals surface area contributed by atoms with Gasteiger partial charge in [0.05, 0.1) is 23.7 Å². The van der Waals surface area contributed by atoms with Gasteiger partial charge in [0.25, 0.3) is 5.91 Å². The second kappa shape index (κ2) is 5.14. The Morgan fingerprint density at radius 3 is 2.95 bits per heavy atom. The van der Waals surface area contributed by atoms with Gasteiger partial charge in [-0.25, -0.2) is 9.67 Å². The zero-order valence-electron chi connectivity index (χ0n) is 12.1. The van der Waals surface area contributed by atoms with Crippen LogP contribution in [0.25, 0.3) is 5.52 Å². The van der Waals surface area contributed by atoms with Gasteiger partial charge in [0.15, 0.2) is 0 Å². The fraction of sp³-hybridized carbons (Fsp3) is 0.267. The first-order valence-electron chi connectivity index (χ1n) is 6.83. The summed E-state index contributed by atoms with van der Waals surface area (Å²) >= 11 is 0. The Kier molecular flexibility index (Phi) is 3.31. The Hall–Kier alpha value is -2.47. The number of aryl methyl sites for hydroxylation is 1. The largest absolute Gasteiger partial charge is 0.330 e. The summed E-state index contributed by atoms with van der Waals surface area (Å²) in [5.74, 6) is -0.137. The van der Waals surface area contributed by atoms with Crippen molar-refractivity contribution < 1.29 is 4.79 Å². The molecule has 0 amide bonds. The standard InChI is InChI=1S/C15H17N5O/c1-10-14(3-5-16)11(2)20(18-10)15(21)12-4-6-19-9-17-8-13(19)7-12/h4,6-9H,3,5,16H2,1-2H3. The molecule has 108 valence electrons. The lowest BCUT2D eigenvalue weighted by molar-refractivity contribution is 0.0942. The van der Waals surface area contributed by atoms with Crippen LogP contribution in [0.15, 0.2) is 30.9 Å². The van der Waals surface area contributed by atoms with Crippen LogP contribution in [0.2, 0.25) is 0 Å². The minimum atomic E-state index is -0.137. The van der Waals surface area contributed by atoms with Crippen molar-refractivity contribution in [1.82, 2.24) is 19.2 Å². The summed E-state index contributed by atoms with van der Waals surface area (Å²) in [4.78, 5) is 16.7. The molecule has 0 aliphatic heterocycles. The van der Waals surface area contributed by atoms with E-state index >= 15 is 0 Å². The molecule has 6 heteroatoms. The molecule has 0 bridgehead atoms. The van der Waals surface area contributed by atoms with Gasteiger partial charge in [-0.15, -0.1) is 0 Å². The second-order valence-electron chi connectivity index (χ2n) is 5.05. The molecule has 3 aromatic rings. The zero-order chi connectivity index (χ0) is 15.0. The highest BCUT2D eigenvalue weighted by molar-refractivity contribution is 5.96. The van der Waals surface area contributed by atoms with Gasteiger partial charge in [0.1, 0.15) is 0 Å². The first-order valence-corrected chi connectivity index (χ1v) is 6.83. The molecule has 0 aromatic carbocycles. The van der Waals surface area contributed by atoms with E-state index in [4.69, 9.17) is 5.73 Å². The quantitative estimate of drug-likeness (QED) is 0.786. The third-order valence-electron chi connectivity index (χ3n) is 3.69. The van der Waals surface area contributed by atoms with E-state index in [1.807, 2.05) is 30.5 Å². The van der Waals surface area contributed by atoms with Gasteiger partial charge in [-0.1, -0.05) is 0 Å². The summed E-state index contributed by atoms with van der Waals surface area (Å²) in [6.45, 7) is 4.35. The molecule has 3 heterocycles. The fourth-order valence-corrected chi connectivity index (χ4v) is 2.55. The van der Waals surface area contributed by atoms with Gasteiger partial charge >= 0.3 is 0 Å². The van der Waals surface area contributed by atoms with Crippen LogP contribution in [-0.2, 0) is 6.42 Å². The van der Waals surface area contributed by atoms with Crippen molar-refractivity contribution in [3.8, 4) is 0 Å². The van der Waals surface area contributed by atoms with Gasteiger partial charge in [0.2, 0.25) is 0 Å². The van der Waals surface area contributed by atoms with E-state index < -0.39 is 0 Å². The van der Waals surface area contributed by atoms with E-state index in [2.05, 4.69) is 10.1 Å². The summed E-state index contributed by atoms with van der Waals surface area (Å²) in [5, 5.41) is 4.36. The summed E-state index contributed by atoms with van der Waals surface area (Å²) in [6, 6.07) is 3.59. The number of imidazole rings is 1. The monoisotopic (exact) mass is 283 g/mol. The summed E-state index contributed by atoms with van der Waals surface area (Å²) in [6.07, 6.45) is 5.97. The van der Waals surface area contributed by atoms with Gasteiger partial charge in [-0.3, -0.25) is 4.79 Å². The average Bonchev–Trinajstić information content (AvgIpc) is 3.05. The van der Waals surface area contributed by atoms with Crippen molar-refractivity contribution in [3.63, 3.8) is 0 Å². The van der Waals surface area contributed by atoms with Crippen molar-refractivity contribution in [2.75, 3.05) is 6.54 Å². The summed E-state index contributed by atoms with van der Waals surface area (Å²) in [7, 11) is 0. The number of carbonyl (C=O) groups is 1. The Morgan fingerprint density at radius 2 is 2.19 bits per heavy atom. The predicted octanol–water partition coefficient (Wildman–Crippen LogP) is 1.34. The molecule has 0 aliphatic rings. The molecule has 3 aromatic heterocycles. The third kappa shape index (κ3) is 2.23. The van der Waals surface area contributed by atoms with Gasteiger partial charge in [-0.05, 0) is 44.5 Å². The van der Waals surface area contributed by atoms with Crippen LogP contribution in [-0.4, -0.2) is 31.6 Å². The lowest BCUT2D eigenvalue weighted by atomic mass is 10.1. The van der Waals surface area contributed by atoms with Crippen LogP contribution in [0.4, 0.5) is 0 Å². The minimum Gasteiger partial charge on any atom is -0.330 e. The SMILES string of the molecule is Cc1nn(C(=O)c2ccn3cncc3c2)c(C)c1CCN. The van der Waals surface area contributed by atoms with E-state index in [0.717, 1.165) is 28.9 Å². The molecule has 21 heavy (non-hydrogen) atoms. The third-order valence-corrected chi connectivity index (χ3v) is 3.69. The molecule has 0 spiro atoms. The number of fused-ring (bicyclic) bond motifs is 1. The Labute approximate surface area is 122 Å². The van der Waals surface area contributed by atoms with Crippen LogP contribution < -0.4 is 5.73 Å². The van der Waals surface area contributed by atoms with E-state index in [1.165, 1.54) is 4.68 Å². The first-order chi connectivity index (χ1) is 10.1. The Morgan fingerprint density at radius 1 is 1.38 bits per heavy atom. The maximum absolute atomic E-state index is 12.6. The lowest BCUT2D eigenvalue weighted by Crippen LogP contribution is -2.16. The number of aromatic nitrogens is 4. The molecule has 0 atom stereocenters. The molecule has 0 aliphatic carbocycles. The molecule has 0 unspecified atom stereocenters. The number of nitrogens with two attached hydrogens (primary N) is 1. The highest BCUT2D eigenvalue weighted by Gasteiger charge is 2.17. The molecule has 0 saturated carbocycles. The second-order valence-corrected chi connectivity index (χ2v) is 5.05. The molecular formula is C15H17N5O. The van der Waals surface area contributed by atoms with Crippen LogP contribution in [0, 0.1) is 13.8 Å². The number of pyridine rings is 1. The lowest BCUT2D eigenvalue weighted by Gasteiger charge is -2.05. The highest BCUT2D eigenvalue weighted by atomic mass is 16.2. The number of nitrogens with zero attached hydrogens (tertiary/aromatic N) is 4. The maximum atomic E-state index is 12.6. The number of carbonyl (C=O) groups excluding carboxylic acids is 1. The van der Waals surface area contributed by atoms with Crippen molar-refractivity contribution in [1.29, 1.82) is 0 Å². The molecule has 3 rings (SSSR count). The smallest absolute Gasteiger partial charge is 0.278 e. The van der Waals surface area contributed by atoms with E-state index in [-0.39, 0.29) is 5.91 Å². The number of hydrogen-bond acceptors (Lipinski definition) is 4. The van der Waals surface area contributed by atoms with E-state index in [1.54, 1.807) is 18.6 Å². The molecule has 0 fully saturated rings. The van der Waals surface area contributed by atoms with Gasteiger partial charge in [-0.2, -0.15) is 5.10 Å². The zero-order valence-corrected chi connectivity index (χ0v) is 12.1. The van der Waals surface area contributed by atoms with Gasteiger partial charge in [0, 0.05) is 17.5 Å². The molecule has 2 N–H and O–H groups in total. The van der Waals surface area contributed by atoms with Crippen molar-refractivity contribution in [2.45, 2.75) is 20.3 Å². The number of hydrogen-bond donors (Lipinski definition) is 1. The van der Waals surface area contributed by atoms with Crippen LogP contribution in [0.5, 0.6) is 0 Å². The average molecular weight is 283 g/mol. The van der Waals surface area contributed by atoms with Gasteiger partial charge < -0.3 is 10.1 Å². The molecule has 6 nitrogen and oxygen atoms in total.